The number of hydrogen-bond acceptors (Lipinski definition) is 6. The van der Waals surface area contributed by atoms with E-state index in [1.807, 2.05) is 18.2 Å². The largest absolute Gasteiger partial charge is 0.488 e. The Morgan fingerprint density at radius 3 is 0.932 bits per heavy atom. The molecule has 1 aliphatic rings. The van der Waals surface area contributed by atoms with Gasteiger partial charge in [0.1, 0.15) is 11.5 Å². The lowest BCUT2D eigenvalue weighted by atomic mass is 9.81. The minimum absolute atomic E-state index is 0.0692. The van der Waals surface area contributed by atoms with E-state index in [-0.39, 0.29) is 83.1 Å². The van der Waals surface area contributed by atoms with Crippen molar-refractivity contribution in [2.75, 3.05) is 13.2 Å². The number of ether oxygens (including phenoxy) is 3. The van der Waals surface area contributed by atoms with Gasteiger partial charge in [0.25, 0.3) is 0 Å². The number of carbonyl (C=O) groups is 1. The summed E-state index contributed by atoms with van der Waals surface area (Å²) in [7, 11) is -8.63. The molecule has 0 heterocycles. The Bertz CT molecular complexity index is 3390. The summed E-state index contributed by atoms with van der Waals surface area (Å²) in [6.45, 7) is 54.1. The van der Waals surface area contributed by atoms with E-state index in [0.29, 0.717) is 37.4 Å². The molecule has 1 saturated carbocycles. The van der Waals surface area contributed by atoms with Crippen LogP contribution in [-0.2, 0) is 62.0 Å². The van der Waals surface area contributed by atoms with Crippen LogP contribution in [0.5, 0.6) is 11.5 Å². The van der Waals surface area contributed by atoms with E-state index >= 15 is 9.13 Å². The molecule has 0 radical (unpaired) electrons. The molecule has 1 fully saturated rings. The first-order chi connectivity index (χ1) is 40.1. The molecule has 6 nitrogen and oxygen atoms in total. The van der Waals surface area contributed by atoms with E-state index in [0.717, 1.165) is 76.6 Å². The third kappa shape index (κ3) is 15.3. The third-order valence-electron chi connectivity index (χ3n) is 17.6. The summed E-state index contributed by atoms with van der Waals surface area (Å²) in [4.78, 5) is 13.9. The molecule has 0 unspecified atom stereocenters. The van der Waals surface area contributed by atoms with Crippen molar-refractivity contribution in [1.82, 2.24) is 0 Å². The van der Waals surface area contributed by atoms with Gasteiger partial charge < -0.3 is 23.3 Å². The van der Waals surface area contributed by atoms with Gasteiger partial charge >= 0.3 is 5.97 Å². The molecule has 0 spiro atoms. The number of hydrogen-bond donors (Lipinski definition) is 0. The molecule has 0 amide bonds. The van der Waals surface area contributed by atoms with Gasteiger partial charge in [-0.15, -0.1) is 0 Å². The molecule has 1 aliphatic carbocycles. The molecule has 0 atom stereocenters. The molecule has 0 aliphatic heterocycles. The lowest BCUT2D eigenvalue weighted by molar-refractivity contribution is -0.145. The molecule has 88 heavy (non-hydrogen) atoms. The molecule has 0 bridgehead atoms. The fourth-order valence-corrected chi connectivity index (χ4v) is 17.8. The highest BCUT2D eigenvalue weighted by Crippen LogP contribution is 2.57. The third-order valence-corrected chi connectivity index (χ3v) is 24.3. The van der Waals surface area contributed by atoms with Crippen molar-refractivity contribution in [3.05, 3.63) is 152 Å². The second kappa shape index (κ2) is 25.1. The summed E-state index contributed by atoms with van der Waals surface area (Å²) < 4.78 is 58.2. The van der Waals surface area contributed by atoms with Gasteiger partial charge in [0.05, 0.1) is 22.8 Å². The fourth-order valence-electron chi connectivity index (χ4n) is 11.5. The van der Waals surface area contributed by atoms with Crippen LogP contribution < -0.4 is 41.3 Å². The Morgan fingerprint density at radius 2 is 0.670 bits per heavy atom. The van der Waals surface area contributed by atoms with Gasteiger partial charge in [0.2, 0.25) is 0 Å². The maximum atomic E-state index is 19.0. The number of halogens is 2. The van der Waals surface area contributed by atoms with Gasteiger partial charge in [-0.05, 0) is 193 Å². The number of rotatable bonds is 13. The quantitative estimate of drug-likeness (QED) is 0.0847. The SMILES string of the molecule is CCOC(=O)COc1c(Cl)ccc(P(=O)(c2cc(C(C)(C)C)cc(C(C)(C)C)c2)c2cc(C(C)(C)C)cc(C(C)(C)C)c2)c1-c1c(P(=O)(c2cc(C(C)(C)C)cc(C(C)(C)C)c2)c2cc(C(C)(C)C)cc(C(C)(C)C)c2)ccc(Cl)c1OC1CCCCC1. The zero-order valence-corrected chi connectivity index (χ0v) is 61.7. The van der Waals surface area contributed by atoms with E-state index in [1.54, 1.807) is 13.0 Å². The van der Waals surface area contributed by atoms with Gasteiger partial charge in [-0.3, -0.25) is 0 Å². The topological polar surface area (TPSA) is 78.9 Å². The second-order valence-corrected chi connectivity index (χ2v) is 39.6. The smallest absolute Gasteiger partial charge is 0.344 e. The predicted octanol–water partition coefficient (Wildman–Crippen LogP) is 20.0. The van der Waals surface area contributed by atoms with Gasteiger partial charge in [0, 0.05) is 43.0 Å². The van der Waals surface area contributed by atoms with Crippen LogP contribution >= 0.6 is 37.5 Å². The van der Waals surface area contributed by atoms with Gasteiger partial charge in [0.15, 0.2) is 20.9 Å². The highest BCUT2D eigenvalue weighted by atomic mass is 35.5. The summed E-state index contributed by atoms with van der Waals surface area (Å²) in [5.41, 5.74) is 5.82. The van der Waals surface area contributed by atoms with Crippen molar-refractivity contribution in [1.29, 1.82) is 0 Å². The number of esters is 1. The summed E-state index contributed by atoms with van der Waals surface area (Å²) in [5, 5.41) is 3.68. The molecule has 7 rings (SSSR count). The first-order valence-electron chi connectivity index (χ1n) is 32.1. The minimum atomic E-state index is -4.33. The van der Waals surface area contributed by atoms with Crippen LogP contribution in [0.4, 0.5) is 0 Å². The zero-order chi connectivity index (χ0) is 66.1. The van der Waals surface area contributed by atoms with Gasteiger partial charge in [-0.2, -0.15) is 0 Å². The van der Waals surface area contributed by atoms with Crippen molar-refractivity contribution < 1.29 is 28.1 Å². The minimum Gasteiger partial charge on any atom is -0.488 e. The Kier molecular flexibility index (Phi) is 20.3. The molecule has 6 aromatic rings. The number of carbonyl (C=O) groups excluding carboxylic acids is 1. The van der Waals surface area contributed by atoms with Crippen molar-refractivity contribution in [2.45, 2.75) is 255 Å². The van der Waals surface area contributed by atoms with E-state index in [2.05, 4.69) is 239 Å². The summed E-state index contributed by atoms with van der Waals surface area (Å²) in [5.74, 6) is -0.262. The van der Waals surface area contributed by atoms with E-state index in [4.69, 9.17) is 37.4 Å². The van der Waals surface area contributed by atoms with E-state index in [1.165, 1.54) is 0 Å². The lowest BCUT2D eigenvalue weighted by Crippen LogP contribution is -2.34. The van der Waals surface area contributed by atoms with Crippen LogP contribution in [0.2, 0.25) is 10.0 Å². The molecule has 478 valence electrons. The summed E-state index contributed by atoms with van der Waals surface area (Å²) in [6.07, 6.45) is 4.22. The first kappa shape index (κ1) is 70.9. The first-order valence-corrected chi connectivity index (χ1v) is 36.3. The van der Waals surface area contributed by atoms with Gasteiger partial charge in [-0.1, -0.05) is 220 Å². The van der Waals surface area contributed by atoms with Crippen LogP contribution in [0.25, 0.3) is 11.1 Å². The Morgan fingerprint density at radius 1 is 0.409 bits per heavy atom. The molecule has 6 aromatic carbocycles. The standard InChI is InChI=1S/C78H106Cl2O6P2/c1-26-84-66(81)48-85-69-62(79)32-34-64(87(82,58-40-49(71(2,3)4)36-50(41-58)72(5,6)7)59-42-51(73(8,9)10)37-52(43-59)74(11,12)13)67(69)68-65(35-33-63(80)70(68)86-57-30-28-27-29-31-57)88(83,60-44-53(75(14,15)16)38-54(45-60)76(17,18)19)61-46-55(77(20,21)22)39-56(47-61)78(23,24)25/h32-47,57H,26-31,48H2,1-25H3. The molecular formula is C78H106Cl2O6P2. The van der Waals surface area contributed by atoms with Crippen LogP contribution in [0.3, 0.4) is 0 Å². The van der Waals surface area contributed by atoms with Crippen molar-refractivity contribution in [3.8, 4) is 22.6 Å². The molecule has 0 aromatic heterocycles. The average molecular weight is 1270 g/mol. The van der Waals surface area contributed by atoms with Crippen molar-refractivity contribution in [3.63, 3.8) is 0 Å². The van der Waals surface area contributed by atoms with E-state index < -0.39 is 26.9 Å². The van der Waals surface area contributed by atoms with Crippen LogP contribution in [0, 0.1) is 0 Å². The highest BCUT2D eigenvalue weighted by Gasteiger charge is 2.44. The average Bonchev–Trinajstić information content (AvgIpc) is 0.739. The maximum absolute atomic E-state index is 19.0. The maximum Gasteiger partial charge on any atom is 0.344 e. The van der Waals surface area contributed by atoms with Crippen molar-refractivity contribution in [2.24, 2.45) is 0 Å². The van der Waals surface area contributed by atoms with Crippen molar-refractivity contribution >= 4 is 75.3 Å². The highest BCUT2D eigenvalue weighted by molar-refractivity contribution is 7.86. The molecule has 0 saturated heterocycles. The fraction of sp³-hybridized carbons (Fsp3) is 0.526. The van der Waals surface area contributed by atoms with Gasteiger partial charge in [-0.25, -0.2) is 4.79 Å². The predicted molar refractivity (Wildman–Crippen MR) is 380 cm³/mol. The Balaban J connectivity index is 1.91. The zero-order valence-electron chi connectivity index (χ0n) is 58.4. The Hall–Kier alpha value is -4.57. The summed E-state index contributed by atoms with van der Waals surface area (Å²) in [6, 6.07) is 33.5. The van der Waals surface area contributed by atoms with Crippen LogP contribution in [0.15, 0.2) is 97.1 Å². The van der Waals surface area contributed by atoms with Crippen LogP contribution in [0.1, 0.15) is 250 Å². The second-order valence-electron chi connectivity index (χ2n) is 33.3. The molecule has 10 heteroatoms. The monoisotopic (exact) mass is 1270 g/mol. The summed E-state index contributed by atoms with van der Waals surface area (Å²) >= 11 is 15.6. The lowest BCUT2D eigenvalue weighted by Gasteiger charge is -2.34. The van der Waals surface area contributed by atoms with E-state index in [9.17, 15) is 4.79 Å². The Labute approximate surface area is 542 Å². The number of benzene rings is 6. The molecule has 0 N–H and O–H groups in total. The normalized spacial score (nSPS) is 14.7. The molecular weight excluding hydrogens is 1170 g/mol. The van der Waals surface area contributed by atoms with Crippen LogP contribution in [-0.4, -0.2) is 25.3 Å².